The zero-order valence-corrected chi connectivity index (χ0v) is 10.5. The number of carbonyl (C=O) groups is 1. The molecule has 0 atom stereocenters. The molecule has 0 aromatic carbocycles. The van der Waals surface area contributed by atoms with Crippen LogP contribution in [0.2, 0.25) is 5.02 Å². The molecule has 0 bridgehead atoms. The number of aromatic nitrogens is 1. The van der Waals surface area contributed by atoms with E-state index in [1.807, 2.05) is 0 Å². The summed E-state index contributed by atoms with van der Waals surface area (Å²) in [6, 6.07) is 0. The number of rotatable bonds is 3. The Kier molecular flexibility index (Phi) is 4.61. The van der Waals surface area contributed by atoms with E-state index in [1.165, 1.54) is 6.20 Å². The Bertz CT molecular complexity index is 415. The summed E-state index contributed by atoms with van der Waals surface area (Å²) in [7, 11) is 1.15. The second kappa shape index (κ2) is 5.54. The number of alkyl halides is 3. The molecular formula is C9H7BrClF2NO2. The number of hydrogen-bond donors (Lipinski definition) is 0. The summed E-state index contributed by atoms with van der Waals surface area (Å²) in [5, 5.41) is -0.0907. The molecule has 0 unspecified atom stereocenters. The summed E-state index contributed by atoms with van der Waals surface area (Å²) in [4.78, 5) is 14.9. The van der Waals surface area contributed by atoms with Gasteiger partial charge in [-0.1, -0.05) is 27.5 Å². The fourth-order valence-corrected chi connectivity index (χ4v) is 1.87. The summed E-state index contributed by atoms with van der Waals surface area (Å²) in [6.45, 7) is 0. The van der Waals surface area contributed by atoms with Gasteiger partial charge >= 0.3 is 5.97 Å². The van der Waals surface area contributed by atoms with Crippen LogP contribution in [0.5, 0.6) is 0 Å². The summed E-state index contributed by atoms with van der Waals surface area (Å²) in [5.41, 5.74) is -0.292. The minimum absolute atomic E-state index is 0.0775. The highest BCUT2D eigenvalue weighted by Crippen LogP contribution is 2.31. The highest BCUT2D eigenvalue weighted by molar-refractivity contribution is 9.08. The molecular weight excluding hydrogens is 307 g/mol. The first-order valence-corrected chi connectivity index (χ1v) is 5.62. The van der Waals surface area contributed by atoms with Gasteiger partial charge in [0.15, 0.2) is 0 Å². The number of esters is 1. The Hall–Kier alpha value is -0.750. The SMILES string of the molecule is COC(=O)c1c(CBr)cnc(C(F)F)c1Cl. The molecule has 16 heavy (non-hydrogen) atoms. The molecule has 88 valence electrons. The van der Waals surface area contributed by atoms with Crippen molar-refractivity contribution in [3.05, 3.63) is 28.0 Å². The fraction of sp³-hybridized carbons (Fsp3) is 0.333. The van der Waals surface area contributed by atoms with Crippen molar-refractivity contribution in [2.45, 2.75) is 11.8 Å². The lowest BCUT2D eigenvalue weighted by molar-refractivity contribution is 0.0599. The average molecular weight is 315 g/mol. The Morgan fingerprint density at radius 2 is 2.31 bits per heavy atom. The first-order valence-electron chi connectivity index (χ1n) is 4.12. The van der Waals surface area contributed by atoms with Gasteiger partial charge in [0.2, 0.25) is 0 Å². The van der Waals surface area contributed by atoms with Crippen molar-refractivity contribution in [1.82, 2.24) is 4.98 Å². The second-order valence-electron chi connectivity index (χ2n) is 2.78. The molecule has 1 aromatic heterocycles. The normalized spacial score (nSPS) is 10.6. The number of halogens is 4. The van der Waals surface area contributed by atoms with E-state index in [1.54, 1.807) is 0 Å². The molecule has 0 aliphatic heterocycles. The van der Waals surface area contributed by atoms with E-state index < -0.39 is 18.1 Å². The van der Waals surface area contributed by atoms with Crippen LogP contribution in [0, 0.1) is 0 Å². The molecule has 7 heteroatoms. The van der Waals surface area contributed by atoms with Crippen LogP contribution in [0.3, 0.4) is 0 Å². The maximum atomic E-state index is 12.5. The molecule has 0 amide bonds. The smallest absolute Gasteiger partial charge is 0.339 e. The zero-order chi connectivity index (χ0) is 12.3. The van der Waals surface area contributed by atoms with Crippen LogP contribution < -0.4 is 0 Å². The third-order valence-electron chi connectivity index (χ3n) is 1.87. The predicted octanol–water partition coefficient (Wildman–Crippen LogP) is 3.35. The van der Waals surface area contributed by atoms with Gasteiger partial charge in [-0.3, -0.25) is 4.98 Å². The van der Waals surface area contributed by atoms with Gasteiger partial charge in [-0.15, -0.1) is 0 Å². The largest absolute Gasteiger partial charge is 0.465 e. The van der Waals surface area contributed by atoms with Gasteiger partial charge in [-0.25, -0.2) is 13.6 Å². The number of methoxy groups -OCH3 is 1. The molecule has 0 saturated heterocycles. The maximum absolute atomic E-state index is 12.5. The van der Waals surface area contributed by atoms with Gasteiger partial charge in [-0.05, 0) is 5.56 Å². The van der Waals surface area contributed by atoms with Crippen LogP contribution in [0.15, 0.2) is 6.20 Å². The number of ether oxygens (including phenoxy) is 1. The van der Waals surface area contributed by atoms with Crippen molar-refractivity contribution in [3.8, 4) is 0 Å². The standard InChI is InChI=1S/C9H7BrClF2NO2/c1-16-9(15)5-4(2-10)3-14-7(6(5)11)8(12)13/h3,8H,2H2,1H3. The van der Waals surface area contributed by atoms with E-state index in [0.717, 1.165) is 7.11 Å². The molecule has 1 heterocycles. The Morgan fingerprint density at radius 1 is 1.69 bits per heavy atom. The highest BCUT2D eigenvalue weighted by Gasteiger charge is 2.23. The molecule has 1 aromatic rings. The Labute approximate surface area is 104 Å². The molecule has 0 N–H and O–H groups in total. The zero-order valence-electron chi connectivity index (χ0n) is 8.14. The Morgan fingerprint density at radius 3 is 2.75 bits per heavy atom. The van der Waals surface area contributed by atoms with Crippen molar-refractivity contribution >= 4 is 33.5 Å². The monoisotopic (exact) mass is 313 g/mol. The van der Waals surface area contributed by atoms with Gasteiger partial charge < -0.3 is 4.74 Å². The van der Waals surface area contributed by atoms with E-state index in [4.69, 9.17) is 11.6 Å². The number of hydrogen-bond acceptors (Lipinski definition) is 3. The molecule has 0 aliphatic carbocycles. The molecule has 0 fully saturated rings. The van der Waals surface area contributed by atoms with Crippen molar-refractivity contribution in [2.75, 3.05) is 7.11 Å². The summed E-state index contributed by atoms with van der Waals surface area (Å²) in [5.74, 6) is -0.760. The third-order valence-corrected chi connectivity index (χ3v) is 2.85. The third kappa shape index (κ3) is 2.49. The summed E-state index contributed by atoms with van der Waals surface area (Å²) < 4.78 is 29.5. The van der Waals surface area contributed by atoms with E-state index in [-0.39, 0.29) is 15.9 Å². The first kappa shape index (κ1) is 13.3. The number of carbonyl (C=O) groups excluding carboxylic acids is 1. The molecule has 0 saturated carbocycles. The topological polar surface area (TPSA) is 39.2 Å². The van der Waals surface area contributed by atoms with Crippen molar-refractivity contribution in [1.29, 1.82) is 0 Å². The highest BCUT2D eigenvalue weighted by atomic mass is 79.9. The van der Waals surface area contributed by atoms with Gasteiger partial charge in [0.1, 0.15) is 5.69 Å². The number of nitrogens with zero attached hydrogens (tertiary/aromatic N) is 1. The van der Waals surface area contributed by atoms with E-state index in [0.29, 0.717) is 5.56 Å². The van der Waals surface area contributed by atoms with Gasteiger partial charge in [0.05, 0.1) is 17.7 Å². The van der Waals surface area contributed by atoms with Crippen LogP contribution in [0.4, 0.5) is 8.78 Å². The average Bonchev–Trinajstić information content (AvgIpc) is 2.26. The Balaban J connectivity index is 3.40. The molecule has 0 spiro atoms. The summed E-state index contributed by atoms with van der Waals surface area (Å²) >= 11 is 8.80. The van der Waals surface area contributed by atoms with Crippen molar-refractivity contribution in [2.24, 2.45) is 0 Å². The lowest BCUT2D eigenvalue weighted by atomic mass is 10.1. The molecule has 0 aliphatic rings. The first-order chi connectivity index (χ1) is 7.52. The quantitative estimate of drug-likeness (QED) is 0.634. The van der Waals surface area contributed by atoms with E-state index >= 15 is 0 Å². The van der Waals surface area contributed by atoms with E-state index in [9.17, 15) is 13.6 Å². The van der Waals surface area contributed by atoms with Gasteiger partial charge in [0.25, 0.3) is 6.43 Å². The lowest BCUT2D eigenvalue weighted by Gasteiger charge is -2.10. The van der Waals surface area contributed by atoms with Gasteiger partial charge in [0, 0.05) is 11.5 Å². The van der Waals surface area contributed by atoms with Crippen LogP contribution >= 0.6 is 27.5 Å². The minimum atomic E-state index is -2.83. The maximum Gasteiger partial charge on any atom is 0.339 e. The van der Waals surface area contributed by atoms with Gasteiger partial charge in [-0.2, -0.15) is 0 Å². The fourth-order valence-electron chi connectivity index (χ4n) is 1.11. The lowest BCUT2D eigenvalue weighted by Crippen LogP contribution is -2.09. The molecule has 0 radical (unpaired) electrons. The molecule has 3 nitrogen and oxygen atoms in total. The second-order valence-corrected chi connectivity index (χ2v) is 3.72. The van der Waals surface area contributed by atoms with Crippen LogP contribution in [-0.4, -0.2) is 18.1 Å². The molecule has 1 rings (SSSR count). The van der Waals surface area contributed by atoms with Crippen LogP contribution in [0.1, 0.15) is 28.0 Å². The predicted molar refractivity (Wildman–Crippen MR) is 58.2 cm³/mol. The van der Waals surface area contributed by atoms with Crippen LogP contribution in [0.25, 0.3) is 0 Å². The van der Waals surface area contributed by atoms with E-state index in [2.05, 4.69) is 25.7 Å². The van der Waals surface area contributed by atoms with Crippen molar-refractivity contribution < 1.29 is 18.3 Å². The van der Waals surface area contributed by atoms with Crippen molar-refractivity contribution in [3.63, 3.8) is 0 Å². The van der Waals surface area contributed by atoms with Crippen LogP contribution in [-0.2, 0) is 10.1 Å². The minimum Gasteiger partial charge on any atom is -0.465 e. The number of pyridine rings is 1. The summed E-state index contributed by atoms with van der Waals surface area (Å²) in [6.07, 6.45) is -1.66.